The van der Waals surface area contributed by atoms with E-state index in [1.807, 2.05) is 35.8 Å². The van der Waals surface area contributed by atoms with Crippen LogP contribution in [0.5, 0.6) is 11.6 Å². The van der Waals surface area contributed by atoms with Crippen LogP contribution >= 0.6 is 11.8 Å². The van der Waals surface area contributed by atoms with Crippen molar-refractivity contribution in [1.29, 1.82) is 0 Å². The number of primary amides is 1. The lowest BCUT2D eigenvalue weighted by atomic mass is 10.2. The molecule has 0 aliphatic rings. The lowest BCUT2D eigenvalue weighted by molar-refractivity contribution is -0.113. The van der Waals surface area contributed by atoms with Crippen molar-refractivity contribution in [3.8, 4) is 17.3 Å². The second-order valence-corrected chi connectivity index (χ2v) is 7.98. The van der Waals surface area contributed by atoms with E-state index in [0.717, 1.165) is 11.3 Å². The second kappa shape index (κ2) is 9.96. The highest BCUT2D eigenvalue weighted by Gasteiger charge is 2.11. The van der Waals surface area contributed by atoms with Gasteiger partial charge in [-0.05, 0) is 43.3 Å². The van der Waals surface area contributed by atoms with Crippen LogP contribution in [0.3, 0.4) is 0 Å². The average molecular weight is 461 g/mol. The number of benzene rings is 2. The van der Waals surface area contributed by atoms with Crippen LogP contribution in [0, 0.1) is 6.92 Å². The van der Waals surface area contributed by atoms with Gasteiger partial charge in [0.2, 0.25) is 17.7 Å². The van der Waals surface area contributed by atoms with Gasteiger partial charge in [0.25, 0.3) is 0 Å². The first-order valence-electron chi connectivity index (χ1n) is 9.91. The van der Waals surface area contributed by atoms with Gasteiger partial charge in [0.05, 0.1) is 17.6 Å². The van der Waals surface area contributed by atoms with Gasteiger partial charge in [-0.25, -0.2) is 4.98 Å². The Morgan fingerprint density at radius 1 is 1.12 bits per heavy atom. The number of nitrogens with zero attached hydrogens (tertiary/aromatic N) is 4. The molecule has 10 heteroatoms. The van der Waals surface area contributed by atoms with Crippen molar-refractivity contribution in [2.24, 2.45) is 5.73 Å². The fourth-order valence-corrected chi connectivity index (χ4v) is 3.61. The summed E-state index contributed by atoms with van der Waals surface area (Å²) in [6.45, 7) is 2.02. The molecule has 2 aromatic carbocycles. The van der Waals surface area contributed by atoms with Crippen LogP contribution in [0.1, 0.15) is 15.9 Å². The Bertz CT molecular complexity index is 1270. The number of amides is 2. The number of nitrogens with one attached hydrogen (secondary N) is 1. The van der Waals surface area contributed by atoms with Crippen molar-refractivity contribution >= 4 is 29.3 Å². The van der Waals surface area contributed by atoms with E-state index >= 15 is 0 Å². The fourth-order valence-electron chi connectivity index (χ4n) is 2.88. The number of ether oxygens (including phenoxy) is 1. The molecule has 2 amide bonds. The summed E-state index contributed by atoms with van der Waals surface area (Å²) in [7, 11) is 0. The molecule has 0 bridgehead atoms. The van der Waals surface area contributed by atoms with Gasteiger partial charge in [0.1, 0.15) is 12.1 Å². The predicted octanol–water partition coefficient (Wildman–Crippen LogP) is 3.59. The molecule has 166 valence electrons. The summed E-state index contributed by atoms with van der Waals surface area (Å²) in [6, 6.07) is 17.7. The zero-order valence-corrected chi connectivity index (χ0v) is 18.5. The number of pyridine rings is 1. The Kier molecular flexibility index (Phi) is 6.65. The molecule has 2 heterocycles. The lowest BCUT2D eigenvalue weighted by Gasteiger charge is -2.08. The van der Waals surface area contributed by atoms with E-state index in [0.29, 0.717) is 28.0 Å². The smallest absolute Gasteiger partial charge is 0.248 e. The molecule has 0 aliphatic heterocycles. The minimum absolute atomic E-state index is 0.155. The zero-order chi connectivity index (χ0) is 23.2. The maximum Gasteiger partial charge on any atom is 0.248 e. The van der Waals surface area contributed by atoms with Crippen molar-refractivity contribution in [3.05, 3.63) is 84.3 Å². The van der Waals surface area contributed by atoms with Crippen LogP contribution < -0.4 is 15.8 Å². The average Bonchev–Trinajstić information content (AvgIpc) is 3.28. The molecule has 2 aromatic heterocycles. The van der Waals surface area contributed by atoms with Crippen LogP contribution in [0.15, 0.2) is 78.3 Å². The fraction of sp³-hybridized carbons (Fsp3) is 0.0870. The third-order valence-corrected chi connectivity index (χ3v) is 5.47. The number of carbonyl (C=O) groups excluding carboxylic acids is 2. The zero-order valence-electron chi connectivity index (χ0n) is 17.6. The number of thioether (sulfide) groups is 1. The summed E-state index contributed by atoms with van der Waals surface area (Å²) in [5.41, 5.74) is 8.23. The standard InChI is InChI=1S/C23H20N6O3S/c1-15-5-8-18(9-6-15)29-14-26-28-23(29)33-13-20(30)27-17-7-10-21(25-12-17)32-19-4-2-3-16(11-19)22(24)31/h2-12,14H,13H2,1H3,(H2,24,31)(H,27,30). The summed E-state index contributed by atoms with van der Waals surface area (Å²) in [5, 5.41) is 11.5. The Labute approximate surface area is 194 Å². The topological polar surface area (TPSA) is 125 Å². The van der Waals surface area contributed by atoms with Gasteiger partial charge in [-0.2, -0.15) is 0 Å². The Balaban J connectivity index is 1.32. The van der Waals surface area contributed by atoms with Crippen LogP contribution in [0.4, 0.5) is 5.69 Å². The third-order valence-electron chi connectivity index (χ3n) is 4.52. The molecule has 4 rings (SSSR count). The third kappa shape index (κ3) is 5.74. The van der Waals surface area contributed by atoms with Gasteiger partial charge < -0.3 is 15.8 Å². The van der Waals surface area contributed by atoms with Crippen molar-refractivity contribution in [3.63, 3.8) is 0 Å². The van der Waals surface area contributed by atoms with Crippen LogP contribution in [-0.4, -0.2) is 37.3 Å². The molecule has 0 saturated heterocycles. The van der Waals surface area contributed by atoms with Gasteiger partial charge in [0.15, 0.2) is 5.16 Å². The molecule has 33 heavy (non-hydrogen) atoms. The number of rotatable bonds is 8. The highest BCUT2D eigenvalue weighted by atomic mass is 32.2. The van der Waals surface area contributed by atoms with Crippen LogP contribution in [0.2, 0.25) is 0 Å². The molecule has 3 N–H and O–H groups in total. The summed E-state index contributed by atoms with van der Waals surface area (Å²) in [6.07, 6.45) is 3.11. The molecule has 0 atom stereocenters. The number of carbonyl (C=O) groups is 2. The largest absolute Gasteiger partial charge is 0.439 e. The molecule has 0 fully saturated rings. The molecule has 0 aliphatic carbocycles. The van der Waals surface area contributed by atoms with Crippen LogP contribution in [-0.2, 0) is 4.79 Å². The minimum Gasteiger partial charge on any atom is -0.439 e. The van der Waals surface area contributed by atoms with Crippen molar-refractivity contribution in [2.45, 2.75) is 12.1 Å². The Morgan fingerprint density at radius 3 is 2.67 bits per heavy atom. The molecular formula is C23H20N6O3S. The first-order chi connectivity index (χ1) is 16.0. The number of aryl methyl sites for hydroxylation is 1. The first kappa shape index (κ1) is 22.0. The number of hydrogen-bond donors (Lipinski definition) is 2. The van der Waals surface area contributed by atoms with E-state index in [1.165, 1.54) is 24.0 Å². The molecule has 4 aromatic rings. The highest BCUT2D eigenvalue weighted by Crippen LogP contribution is 2.23. The van der Waals surface area contributed by atoms with Crippen molar-refractivity contribution < 1.29 is 14.3 Å². The number of anilines is 1. The predicted molar refractivity (Wildman–Crippen MR) is 125 cm³/mol. The first-order valence-corrected chi connectivity index (χ1v) is 10.9. The molecule has 0 unspecified atom stereocenters. The van der Waals surface area contributed by atoms with Gasteiger partial charge >= 0.3 is 0 Å². The van der Waals surface area contributed by atoms with E-state index in [4.69, 9.17) is 10.5 Å². The number of hydrogen-bond acceptors (Lipinski definition) is 7. The summed E-state index contributed by atoms with van der Waals surface area (Å²) in [4.78, 5) is 27.9. The normalized spacial score (nSPS) is 10.6. The van der Waals surface area contributed by atoms with Gasteiger partial charge in [0, 0.05) is 17.3 Å². The molecular weight excluding hydrogens is 440 g/mol. The van der Waals surface area contributed by atoms with Crippen molar-refractivity contribution in [1.82, 2.24) is 19.7 Å². The van der Waals surface area contributed by atoms with E-state index in [2.05, 4.69) is 20.5 Å². The highest BCUT2D eigenvalue weighted by molar-refractivity contribution is 7.99. The quantitative estimate of drug-likeness (QED) is 0.385. The molecule has 0 spiro atoms. The van der Waals surface area contributed by atoms with E-state index in [9.17, 15) is 9.59 Å². The minimum atomic E-state index is -0.540. The van der Waals surface area contributed by atoms with Gasteiger partial charge in [-0.15, -0.1) is 10.2 Å². The second-order valence-electron chi connectivity index (χ2n) is 7.04. The van der Waals surface area contributed by atoms with Crippen LogP contribution in [0.25, 0.3) is 5.69 Å². The number of nitrogens with two attached hydrogens (primary N) is 1. The van der Waals surface area contributed by atoms with Gasteiger partial charge in [-0.3, -0.25) is 14.2 Å². The lowest BCUT2D eigenvalue weighted by Crippen LogP contribution is -2.14. The number of aromatic nitrogens is 4. The van der Waals surface area contributed by atoms with E-state index in [1.54, 1.807) is 36.7 Å². The maximum atomic E-state index is 12.4. The summed E-state index contributed by atoms with van der Waals surface area (Å²) >= 11 is 1.28. The Morgan fingerprint density at radius 2 is 1.94 bits per heavy atom. The SMILES string of the molecule is Cc1ccc(-n2cnnc2SCC(=O)Nc2ccc(Oc3cccc(C(N)=O)c3)nc2)cc1. The molecule has 0 saturated carbocycles. The van der Waals surface area contributed by atoms with Gasteiger partial charge in [-0.1, -0.05) is 35.5 Å². The molecule has 9 nitrogen and oxygen atoms in total. The van der Waals surface area contributed by atoms with E-state index in [-0.39, 0.29) is 11.7 Å². The Hall–Kier alpha value is -4.18. The monoisotopic (exact) mass is 460 g/mol. The maximum absolute atomic E-state index is 12.4. The van der Waals surface area contributed by atoms with E-state index < -0.39 is 5.91 Å². The molecule has 0 radical (unpaired) electrons. The van der Waals surface area contributed by atoms with Crippen molar-refractivity contribution in [2.75, 3.05) is 11.1 Å². The summed E-state index contributed by atoms with van der Waals surface area (Å²) < 4.78 is 7.47. The summed E-state index contributed by atoms with van der Waals surface area (Å²) in [5.74, 6) is 0.160.